The van der Waals surface area contributed by atoms with Crippen LogP contribution in [0.25, 0.3) is 22.6 Å². The summed E-state index contributed by atoms with van der Waals surface area (Å²) in [7, 11) is -2.95. The van der Waals surface area contributed by atoms with Crippen LogP contribution >= 0.6 is 8.25 Å². The number of rotatable bonds is 40. The molecule has 6 aromatic rings. The summed E-state index contributed by atoms with van der Waals surface area (Å²) in [6, 6.07) is 27.7. The largest absolute Gasteiger partial charge is 0.805 e. The first-order valence-electron chi connectivity index (χ1n) is 33.9. The van der Waals surface area contributed by atoms with Crippen LogP contribution < -0.4 is 49.6 Å². The molecule has 98 heavy (non-hydrogen) atoms. The predicted octanol–water partition coefficient (Wildman–Crippen LogP) is 12.3. The van der Waals surface area contributed by atoms with Gasteiger partial charge in [0.25, 0.3) is 11.8 Å². The van der Waals surface area contributed by atoms with E-state index < -0.39 is 67.7 Å². The van der Waals surface area contributed by atoms with Crippen molar-refractivity contribution in [3.63, 3.8) is 0 Å². The monoisotopic (exact) mass is 1370 g/mol. The summed E-state index contributed by atoms with van der Waals surface area (Å²) < 4.78 is 49.0. The molecule has 0 radical (unpaired) electrons. The van der Waals surface area contributed by atoms with Gasteiger partial charge in [-0.1, -0.05) is 66.2 Å². The van der Waals surface area contributed by atoms with Gasteiger partial charge in [0.2, 0.25) is 24.6 Å². The average Bonchev–Trinajstić information content (AvgIpc) is 1.30. The molecule has 6 amide bonds. The molecule has 0 aliphatic carbocycles. The minimum Gasteiger partial charge on any atom is -0.494 e. The van der Waals surface area contributed by atoms with Crippen molar-refractivity contribution in [2.75, 3.05) is 62.5 Å². The van der Waals surface area contributed by atoms with Crippen LogP contribution in [-0.2, 0) is 33.4 Å². The van der Waals surface area contributed by atoms with E-state index in [0.29, 0.717) is 61.1 Å². The minimum atomic E-state index is -2.95. The van der Waals surface area contributed by atoms with Gasteiger partial charge >= 0.3 is 20.2 Å². The van der Waals surface area contributed by atoms with E-state index in [1.54, 1.807) is 76.2 Å². The average molecular weight is 1370 g/mol. The number of unbranched alkanes of at least 4 members (excludes halogenated alkanes) is 4. The third kappa shape index (κ3) is 20.6. The van der Waals surface area contributed by atoms with E-state index >= 15 is 0 Å². The lowest BCUT2D eigenvalue weighted by Crippen LogP contribution is -2.49. The molecule has 0 saturated carbocycles. The van der Waals surface area contributed by atoms with Crippen LogP contribution in [0.3, 0.4) is 0 Å². The molecular weight excluding hydrogens is 1280 g/mol. The van der Waals surface area contributed by atoms with E-state index in [1.807, 2.05) is 38.1 Å². The molecule has 4 N–H and O–H groups in total. The number of benzene rings is 4. The maximum absolute atomic E-state index is 13.9. The molecule has 2 fully saturated rings. The summed E-state index contributed by atoms with van der Waals surface area (Å²) >= 11 is 0. The Morgan fingerprint density at radius 3 is 1.22 bits per heavy atom. The van der Waals surface area contributed by atoms with Crippen LogP contribution in [0.4, 0.5) is 11.4 Å². The van der Waals surface area contributed by atoms with Crippen LogP contribution in [0, 0.1) is 11.8 Å². The van der Waals surface area contributed by atoms with Gasteiger partial charge in [-0.05, 0) is 162 Å². The SMILES string of the molecule is CCCCC[C@@H](C(=O)NCNC(=O)c1ccc(-c2cc(OCC)cc(O[P+](=O)Oc3cc(OCC)cc(-c4ccc(C(=O)NCNC(=O)[C@H](CCCCC)[C@@H](CC)N(C=O)OC(=O)c5ccc(N6CCCC6)cc5)o4)c3)c2)o1)[C@@H](CC)N(C=O)OC(=O)c1ccc(N2CCCC2)cc1. The van der Waals surface area contributed by atoms with E-state index in [0.717, 1.165) is 99.0 Å². The van der Waals surface area contributed by atoms with Crippen molar-refractivity contribution in [2.45, 2.75) is 144 Å². The summed E-state index contributed by atoms with van der Waals surface area (Å²) in [5.41, 5.74) is 3.28. The highest BCUT2D eigenvalue weighted by Gasteiger charge is 2.36. The zero-order valence-corrected chi connectivity index (χ0v) is 57.5. The second kappa shape index (κ2) is 37.6. The van der Waals surface area contributed by atoms with Gasteiger partial charge in [-0.15, -0.1) is 0 Å². The number of amides is 6. The number of carbonyl (C=O) groups excluding carboxylic acids is 8. The molecule has 2 aliphatic rings. The molecule has 0 unspecified atom stereocenters. The Hall–Kier alpha value is -9.90. The fourth-order valence-electron chi connectivity index (χ4n) is 12.0. The standard InChI is InChI=1S/C72H89N8O17P/c1-7-13-15-21-59(61(9-3)79(47-81)94-71(87)49-23-27-53(28-24-49)77-35-17-18-36-77)67(83)73-45-75-69(85)65-33-31-63(92-65)51-39-55(90-11-5)43-57(41-51)96-98(89)97-58-42-52(40-56(44-58)91-12-6)64-32-34-66(93-64)70(86)76-46-74-68(84)60(22-16-14-8-2)62(10-4)80(48-82)95-72(88)50-25-29-54(30-26-50)78-37-19-20-38-78/h23-34,39-44,47-48,59-62H,7-22,35-38,45-46H2,1-6H3,(H3-,73,74,75,76,83,84,85,86)/p+1/t59-,60-,61-,62-/m1/s1. The van der Waals surface area contributed by atoms with Crippen LogP contribution in [0.15, 0.2) is 118 Å². The van der Waals surface area contributed by atoms with Crippen molar-refractivity contribution in [3.8, 4) is 45.6 Å². The molecule has 4 atom stereocenters. The normalized spacial score (nSPS) is 13.8. The zero-order chi connectivity index (χ0) is 69.9. The Balaban J connectivity index is 0.856. The molecule has 4 heterocycles. The Bertz CT molecular complexity index is 3410. The first-order chi connectivity index (χ1) is 47.6. The van der Waals surface area contributed by atoms with Gasteiger partial charge in [0.1, 0.15) is 23.0 Å². The lowest BCUT2D eigenvalue weighted by atomic mass is 9.90. The number of nitrogens with zero attached hydrogens (tertiary/aromatic N) is 4. The maximum Gasteiger partial charge on any atom is 0.805 e. The van der Waals surface area contributed by atoms with Crippen molar-refractivity contribution in [2.24, 2.45) is 11.8 Å². The van der Waals surface area contributed by atoms with Crippen molar-refractivity contribution < 1.29 is 80.0 Å². The second-order valence-corrected chi connectivity index (χ2v) is 24.6. The second-order valence-electron chi connectivity index (χ2n) is 23.8. The number of anilines is 2. The van der Waals surface area contributed by atoms with Crippen LogP contribution in [0.2, 0.25) is 0 Å². The number of nitrogens with one attached hydrogen (secondary N) is 4. The molecule has 4 aromatic carbocycles. The van der Waals surface area contributed by atoms with Gasteiger partial charge in [-0.3, -0.25) is 28.8 Å². The summed E-state index contributed by atoms with van der Waals surface area (Å²) in [5.74, 6) is -4.32. The van der Waals surface area contributed by atoms with Gasteiger partial charge in [-0.25, -0.2) is 18.6 Å². The molecule has 25 nitrogen and oxygen atoms in total. The van der Waals surface area contributed by atoms with Crippen LogP contribution in [-0.4, -0.2) is 123 Å². The number of furan rings is 2. The molecule has 2 saturated heterocycles. The number of ether oxygens (including phenoxy) is 2. The van der Waals surface area contributed by atoms with E-state index in [9.17, 15) is 42.9 Å². The predicted molar refractivity (Wildman–Crippen MR) is 366 cm³/mol. The Morgan fingerprint density at radius 1 is 0.500 bits per heavy atom. The number of hydrogen-bond donors (Lipinski definition) is 4. The third-order valence-electron chi connectivity index (χ3n) is 17.1. The summed E-state index contributed by atoms with van der Waals surface area (Å²) in [6.07, 6.45) is 11.3. The highest BCUT2D eigenvalue weighted by atomic mass is 31.1. The molecule has 2 aliphatic heterocycles. The number of hydrogen-bond acceptors (Lipinski definition) is 19. The Morgan fingerprint density at radius 2 is 0.878 bits per heavy atom. The molecule has 8 rings (SSSR count). The first kappa shape index (κ1) is 73.9. The van der Waals surface area contributed by atoms with Gasteiger partial charge in [0.15, 0.2) is 23.0 Å². The van der Waals surface area contributed by atoms with E-state index in [-0.39, 0.29) is 85.1 Å². The van der Waals surface area contributed by atoms with Gasteiger partial charge < -0.3 is 59.1 Å². The lowest BCUT2D eigenvalue weighted by molar-refractivity contribution is -0.171. The molecular formula is C72H90N8O17P+. The van der Waals surface area contributed by atoms with Crippen molar-refractivity contribution in [1.29, 1.82) is 0 Å². The van der Waals surface area contributed by atoms with Crippen molar-refractivity contribution >= 4 is 68.0 Å². The van der Waals surface area contributed by atoms with Crippen LogP contribution in [0.1, 0.15) is 173 Å². The van der Waals surface area contributed by atoms with Gasteiger partial charge in [0, 0.05) is 65.4 Å². The fourth-order valence-corrected chi connectivity index (χ4v) is 12.6. The number of carbonyl (C=O) groups is 8. The van der Waals surface area contributed by atoms with E-state index in [2.05, 4.69) is 31.1 Å². The molecule has 2 aromatic heterocycles. The van der Waals surface area contributed by atoms with E-state index in [4.69, 9.17) is 37.0 Å². The summed E-state index contributed by atoms with van der Waals surface area (Å²) in [4.78, 5) is 122. The Kier molecular flexibility index (Phi) is 28.3. The fraction of sp³-hybridized carbons (Fsp3) is 0.444. The smallest absolute Gasteiger partial charge is 0.494 e. The minimum absolute atomic E-state index is 0.0557. The Labute approximate surface area is 572 Å². The lowest BCUT2D eigenvalue weighted by Gasteiger charge is -2.31. The summed E-state index contributed by atoms with van der Waals surface area (Å²) in [5, 5.41) is 12.6. The number of hydroxylamine groups is 4. The van der Waals surface area contributed by atoms with Gasteiger partial charge in [0.05, 0.1) is 61.6 Å². The summed E-state index contributed by atoms with van der Waals surface area (Å²) in [6.45, 7) is 14.9. The zero-order valence-electron chi connectivity index (χ0n) is 56.6. The van der Waals surface area contributed by atoms with E-state index in [1.165, 1.54) is 36.4 Å². The molecule has 0 spiro atoms. The quantitative estimate of drug-likeness (QED) is 0.00913. The highest BCUT2D eigenvalue weighted by molar-refractivity contribution is 7.34. The highest BCUT2D eigenvalue weighted by Crippen LogP contribution is 2.40. The van der Waals surface area contributed by atoms with Gasteiger partial charge in [-0.2, -0.15) is 10.1 Å². The molecule has 524 valence electrons. The maximum atomic E-state index is 13.9. The van der Waals surface area contributed by atoms with Crippen molar-refractivity contribution in [1.82, 2.24) is 31.4 Å². The first-order valence-corrected chi connectivity index (χ1v) is 35.0. The molecule has 0 bridgehead atoms. The van der Waals surface area contributed by atoms with Crippen molar-refractivity contribution in [3.05, 3.63) is 132 Å². The van der Waals surface area contributed by atoms with Crippen LogP contribution in [0.5, 0.6) is 23.0 Å². The topological polar surface area (TPSA) is 296 Å². The molecule has 26 heteroatoms. The third-order valence-corrected chi connectivity index (χ3v) is 17.8.